The van der Waals surface area contributed by atoms with Gasteiger partial charge in [-0.1, -0.05) is 13.8 Å². The van der Waals surface area contributed by atoms with E-state index in [1.54, 1.807) is 38.1 Å². The van der Waals surface area contributed by atoms with Crippen LogP contribution in [-0.4, -0.2) is 25.0 Å². The quantitative estimate of drug-likeness (QED) is 0.828. The lowest BCUT2D eigenvalue weighted by Crippen LogP contribution is -2.47. The molecule has 0 saturated carbocycles. The summed E-state index contributed by atoms with van der Waals surface area (Å²) in [5, 5.41) is 5.14. The number of carbonyl (C=O) groups is 2. The molecule has 0 aliphatic heterocycles. The zero-order valence-corrected chi connectivity index (χ0v) is 14.7. The minimum atomic E-state index is -1.06. The Kier molecular flexibility index (Phi) is 6.27. The van der Waals surface area contributed by atoms with Gasteiger partial charge in [-0.3, -0.25) is 9.59 Å². The molecule has 2 aromatic rings. The maximum atomic E-state index is 13.3. The first-order chi connectivity index (χ1) is 12.3. The van der Waals surface area contributed by atoms with Crippen LogP contribution in [-0.2, 0) is 4.79 Å². The largest absolute Gasteiger partial charge is 0.497 e. The van der Waals surface area contributed by atoms with Crippen LogP contribution in [0.25, 0.3) is 0 Å². The number of hydrogen-bond donors (Lipinski definition) is 2. The van der Waals surface area contributed by atoms with Crippen molar-refractivity contribution in [1.29, 1.82) is 0 Å². The summed E-state index contributed by atoms with van der Waals surface area (Å²) in [5.41, 5.74) is 0.482. The van der Waals surface area contributed by atoms with Gasteiger partial charge in [0, 0.05) is 17.3 Å². The molecule has 26 heavy (non-hydrogen) atoms. The maximum Gasteiger partial charge on any atom is 0.251 e. The van der Waals surface area contributed by atoms with E-state index in [0.717, 1.165) is 12.1 Å². The molecule has 2 amide bonds. The molecule has 0 heterocycles. The Morgan fingerprint density at radius 3 is 2.19 bits per heavy atom. The Bertz CT molecular complexity index is 792. The van der Waals surface area contributed by atoms with Crippen LogP contribution >= 0.6 is 0 Å². The topological polar surface area (TPSA) is 67.4 Å². The van der Waals surface area contributed by atoms with Gasteiger partial charge in [0.15, 0.2) is 11.6 Å². The van der Waals surface area contributed by atoms with Crippen LogP contribution in [0, 0.1) is 17.6 Å². The van der Waals surface area contributed by atoms with Crippen LogP contribution in [0.4, 0.5) is 14.5 Å². The van der Waals surface area contributed by atoms with E-state index in [1.165, 1.54) is 13.2 Å². The molecule has 0 spiro atoms. The number of rotatable bonds is 6. The number of amides is 2. The van der Waals surface area contributed by atoms with E-state index in [-0.39, 0.29) is 11.6 Å². The molecular formula is C19H20F2N2O3. The Labute approximate surface area is 150 Å². The zero-order chi connectivity index (χ0) is 19.3. The summed E-state index contributed by atoms with van der Waals surface area (Å²) in [7, 11) is 1.52. The fourth-order valence-electron chi connectivity index (χ4n) is 2.30. The summed E-state index contributed by atoms with van der Waals surface area (Å²) in [6.45, 7) is 3.54. The van der Waals surface area contributed by atoms with Gasteiger partial charge in [0.25, 0.3) is 5.91 Å². The molecule has 0 bridgehead atoms. The van der Waals surface area contributed by atoms with Crippen LogP contribution in [0.5, 0.6) is 5.75 Å². The van der Waals surface area contributed by atoms with E-state index in [9.17, 15) is 18.4 Å². The lowest BCUT2D eigenvalue weighted by atomic mass is 10.0. The van der Waals surface area contributed by atoms with Crippen molar-refractivity contribution in [3.8, 4) is 5.75 Å². The highest BCUT2D eigenvalue weighted by atomic mass is 19.2. The lowest BCUT2D eigenvalue weighted by molar-refractivity contribution is -0.118. The van der Waals surface area contributed by atoms with Gasteiger partial charge in [0.1, 0.15) is 11.8 Å². The third-order valence-corrected chi connectivity index (χ3v) is 3.78. The average molecular weight is 362 g/mol. The van der Waals surface area contributed by atoms with Gasteiger partial charge in [0.2, 0.25) is 5.91 Å². The average Bonchev–Trinajstić information content (AvgIpc) is 2.62. The molecule has 5 nitrogen and oxygen atoms in total. The highest BCUT2D eigenvalue weighted by Crippen LogP contribution is 2.15. The smallest absolute Gasteiger partial charge is 0.251 e. The van der Waals surface area contributed by atoms with E-state index in [2.05, 4.69) is 10.6 Å². The van der Waals surface area contributed by atoms with Crippen molar-refractivity contribution in [3.63, 3.8) is 0 Å². The number of carbonyl (C=O) groups excluding carboxylic acids is 2. The Balaban J connectivity index is 2.10. The highest BCUT2D eigenvalue weighted by molar-refractivity contribution is 6.01. The number of ether oxygens (including phenoxy) is 1. The number of benzene rings is 2. The molecule has 7 heteroatoms. The van der Waals surface area contributed by atoms with Gasteiger partial charge in [-0.15, -0.1) is 0 Å². The van der Waals surface area contributed by atoms with E-state index in [0.29, 0.717) is 11.3 Å². The number of halogens is 2. The zero-order valence-electron chi connectivity index (χ0n) is 14.7. The summed E-state index contributed by atoms with van der Waals surface area (Å²) < 4.78 is 31.3. The maximum absolute atomic E-state index is 13.3. The first-order valence-corrected chi connectivity index (χ1v) is 8.02. The van der Waals surface area contributed by atoms with Gasteiger partial charge in [-0.2, -0.15) is 0 Å². The van der Waals surface area contributed by atoms with Crippen LogP contribution < -0.4 is 15.4 Å². The number of nitrogens with one attached hydrogen (secondary N) is 2. The van der Waals surface area contributed by atoms with E-state index < -0.39 is 29.5 Å². The molecule has 0 saturated heterocycles. The molecule has 2 N–H and O–H groups in total. The molecule has 138 valence electrons. The fraction of sp³-hybridized carbons (Fsp3) is 0.263. The third kappa shape index (κ3) is 4.78. The number of methoxy groups -OCH3 is 1. The van der Waals surface area contributed by atoms with Crippen LogP contribution in [0.2, 0.25) is 0 Å². The van der Waals surface area contributed by atoms with Gasteiger partial charge < -0.3 is 15.4 Å². The molecule has 0 aliphatic carbocycles. The molecule has 0 aromatic heterocycles. The van der Waals surface area contributed by atoms with Crippen molar-refractivity contribution >= 4 is 17.5 Å². The summed E-state index contributed by atoms with van der Waals surface area (Å²) in [5.74, 6) is -2.62. The molecule has 0 unspecified atom stereocenters. The minimum Gasteiger partial charge on any atom is -0.497 e. The minimum absolute atomic E-state index is 0.109. The second-order valence-electron chi connectivity index (χ2n) is 6.04. The van der Waals surface area contributed by atoms with Gasteiger partial charge >= 0.3 is 0 Å². The molecule has 0 aliphatic rings. The van der Waals surface area contributed by atoms with Crippen molar-refractivity contribution in [3.05, 3.63) is 59.7 Å². The Morgan fingerprint density at radius 2 is 1.65 bits per heavy atom. The van der Waals surface area contributed by atoms with Gasteiger partial charge in [-0.25, -0.2) is 8.78 Å². The van der Waals surface area contributed by atoms with Crippen molar-refractivity contribution in [2.75, 3.05) is 12.4 Å². The monoisotopic (exact) mass is 362 g/mol. The SMILES string of the molecule is COc1ccc(C(=O)N[C@@H](C(=O)Nc2ccc(F)c(F)c2)C(C)C)cc1. The van der Waals surface area contributed by atoms with Crippen molar-refractivity contribution in [2.45, 2.75) is 19.9 Å². The molecule has 0 radical (unpaired) electrons. The summed E-state index contributed by atoms with van der Waals surface area (Å²) >= 11 is 0. The van der Waals surface area contributed by atoms with Crippen molar-refractivity contribution in [2.24, 2.45) is 5.92 Å². The van der Waals surface area contributed by atoms with Gasteiger partial charge in [0.05, 0.1) is 7.11 Å². The van der Waals surface area contributed by atoms with E-state index in [4.69, 9.17) is 4.74 Å². The molecule has 0 fully saturated rings. The predicted octanol–water partition coefficient (Wildman–Crippen LogP) is 3.37. The number of anilines is 1. The van der Waals surface area contributed by atoms with Crippen LogP contribution in [0.15, 0.2) is 42.5 Å². The predicted molar refractivity (Wildman–Crippen MR) is 94.1 cm³/mol. The second kappa shape index (κ2) is 8.42. The van der Waals surface area contributed by atoms with Crippen molar-refractivity contribution in [1.82, 2.24) is 5.32 Å². The second-order valence-corrected chi connectivity index (χ2v) is 6.04. The summed E-state index contributed by atoms with van der Waals surface area (Å²) in [4.78, 5) is 24.8. The summed E-state index contributed by atoms with van der Waals surface area (Å²) in [6, 6.07) is 8.65. The highest BCUT2D eigenvalue weighted by Gasteiger charge is 2.25. The van der Waals surface area contributed by atoms with Crippen LogP contribution in [0.3, 0.4) is 0 Å². The normalized spacial score (nSPS) is 11.8. The summed E-state index contributed by atoms with van der Waals surface area (Å²) in [6.07, 6.45) is 0. The molecular weight excluding hydrogens is 342 g/mol. The molecule has 2 aromatic carbocycles. The van der Waals surface area contributed by atoms with Crippen LogP contribution in [0.1, 0.15) is 24.2 Å². The van der Waals surface area contributed by atoms with E-state index in [1.807, 2.05) is 0 Å². The first-order valence-electron chi connectivity index (χ1n) is 8.02. The third-order valence-electron chi connectivity index (χ3n) is 3.78. The molecule has 1 atom stereocenters. The fourth-order valence-corrected chi connectivity index (χ4v) is 2.30. The Hall–Kier alpha value is -2.96. The van der Waals surface area contributed by atoms with E-state index >= 15 is 0 Å². The first kappa shape index (κ1) is 19.4. The Morgan fingerprint density at radius 1 is 1.00 bits per heavy atom. The standard InChI is InChI=1S/C19H20F2N2O3/c1-11(2)17(19(25)22-13-6-9-15(20)16(21)10-13)23-18(24)12-4-7-14(26-3)8-5-12/h4-11,17H,1-3H3,(H,22,25)(H,23,24)/t17-/m1/s1. The lowest BCUT2D eigenvalue weighted by Gasteiger charge is -2.22. The van der Waals surface area contributed by atoms with Gasteiger partial charge in [-0.05, 0) is 42.3 Å². The van der Waals surface area contributed by atoms with Crippen molar-refractivity contribution < 1.29 is 23.1 Å². The molecule has 2 rings (SSSR count). The number of hydrogen-bond acceptors (Lipinski definition) is 3.